The van der Waals surface area contributed by atoms with Gasteiger partial charge in [0.1, 0.15) is 11.7 Å². The number of rotatable bonds is 3. The summed E-state index contributed by atoms with van der Waals surface area (Å²) < 4.78 is 13.3. The highest BCUT2D eigenvalue weighted by molar-refractivity contribution is 6.01. The first-order valence-corrected chi connectivity index (χ1v) is 5.47. The van der Waals surface area contributed by atoms with Gasteiger partial charge in [-0.2, -0.15) is 0 Å². The highest BCUT2D eigenvalue weighted by Gasteiger charge is 2.30. The van der Waals surface area contributed by atoms with E-state index in [2.05, 4.69) is 10.6 Å². The van der Waals surface area contributed by atoms with Gasteiger partial charge in [0.2, 0.25) is 11.8 Å². The van der Waals surface area contributed by atoms with Crippen LogP contribution in [0.3, 0.4) is 0 Å². The summed E-state index contributed by atoms with van der Waals surface area (Å²) in [5.41, 5.74) is 0.416. The summed E-state index contributed by atoms with van der Waals surface area (Å²) in [6, 6.07) is 6.23. The second-order valence-electron chi connectivity index (χ2n) is 3.94. The molecular formula is C12H13FN2O2. The van der Waals surface area contributed by atoms with Crippen LogP contribution in [0.25, 0.3) is 0 Å². The Bertz CT molecular complexity index is 448. The summed E-state index contributed by atoms with van der Waals surface area (Å²) in [5.74, 6) is -1.59. The minimum atomic E-state index is -0.637. The van der Waals surface area contributed by atoms with Gasteiger partial charge in [0.05, 0.1) is 0 Å². The van der Waals surface area contributed by atoms with E-state index in [0.717, 1.165) is 0 Å². The average Bonchev–Trinajstić information content (AvgIpc) is 2.74. The van der Waals surface area contributed by atoms with Gasteiger partial charge < -0.3 is 10.6 Å². The number of halogens is 1. The summed E-state index contributed by atoms with van der Waals surface area (Å²) >= 11 is 0. The molecule has 2 amide bonds. The Morgan fingerprint density at radius 1 is 1.47 bits per heavy atom. The van der Waals surface area contributed by atoms with Gasteiger partial charge in [0.25, 0.3) is 0 Å². The minimum Gasteiger partial charge on any atom is -0.355 e. The van der Waals surface area contributed by atoms with Crippen molar-refractivity contribution in [1.29, 1.82) is 0 Å². The number of hydrogen-bond acceptors (Lipinski definition) is 2. The Labute approximate surface area is 98.2 Å². The van der Waals surface area contributed by atoms with Crippen LogP contribution in [0.15, 0.2) is 24.3 Å². The molecule has 1 aliphatic rings. The lowest BCUT2D eigenvalue weighted by molar-refractivity contribution is -0.133. The highest BCUT2D eigenvalue weighted by Crippen LogP contribution is 2.10. The molecule has 0 aliphatic carbocycles. The van der Waals surface area contributed by atoms with Crippen LogP contribution >= 0.6 is 0 Å². The molecule has 4 nitrogen and oxygen atoms in total. The molecule has 1 aromatic rings. The van der Waals surface area contributed by atoms with Crippen LogP contribution in [0.2, 0.25) is 0 Å². The van der Waals surface area contributed by atoms with Crippen molar-refractivity contribution in [2.75, 3.05) is 6.54 Å². The molecule has 0 saturated carbocycles. The topological polar surface area (TPSA) is 58.2 Å². The Balaban J connectivity index is 1.92. The zero-order valence-corrected chi connectivity index (χ0v) is 9.20. The van der Waals surface area contributed by atoms with Crippen molar-refractivity contribution in [3.05, 3.63) is 35.6 Å². The molecular weight excluding hydrogens is 223 g/mol. The van der Waals surface area contributed by atoms with Gasteiger partial charge in [-0.15, -0.1) is 0 Å². The van der Waals surface area contributed by atoms with E-state index in [0.29, 0.717) is 18.5 Å². The molecule has 1 aromatic carbocycles. The summed E-state index contributed by atoms with van der Waals surface area (Å²) in [6.45, 7) is 0.631. The molecule has 1 unspecified atom stereocenters. The lowest BCUT2D eigenvalue weighted by atomic mass is 10.1. The van der Waals surface area contributed by atoms with Crippen molar-refractivity contribution in [2.45, 2.75) is 13.0 Å². The van der Waals surface area contributed by atoms with Crippen LogP contribution in [0.5, 0.6) is 0 Å². The fourth-order valence-electron chi connectivity index (χ4n) is 1.79. The van der Waals surface area contributed by atoms with Gasteiger partial charge >= 0.3 is 0 Å². The van der Waals surface area contributed by atoms with Crippen LogP contribution in [0, 0.1) is 11.7 Å². The molecule has 2 N–H and O–H groups in total. The maximum Gasteiger partial charge on any atom is 0.232 e. The van der Waals surface area contributed by atoms with Crippen molar-refractivity contribution >= 4 is 11.8 Å². The summed E-state index contributed by atoms with van der Waals surface area (Å²) in [5, 5.41) is 5.16. The third-order valence-corrected chi connectivity index (χ3v) is 2.78. The number of hydrogen-bond donors (Lipinski definition) is 2. The third-order valence-electron chi connectivity index (χ3n) is 2.78. The van der Waals surface area contributed by atoms with Gasteiger partial charge in [-0.25, -0.2) is 4.39 Å². The Hall–Kier alpha value is -1.91. The Morgan fingerprint density at radius 2 is 2.24 bits per heavy atom. The molecule has 0 bridgehead atoms. The Morgan fingerprint density at radius 3 is 2.88 bits per heavy atom. The highest BCUT2D eigenvalue weighted by atomic mass is 19.1. The first-order valence-electron chi connectivity index (χ1n) is 5.47. The van der Waals surface area contributed by atoms with Crippen molar-refractivity contribution in [3.8, 4) is 0 Å². The molecule has 0 spiro atoms. The van der Waals surface area contributed by atoms with Crippen molar-refractivity contribution < 1.29 is 14.0 Å². The molecule has 90 valence electrons. The van der Waals surface area contributed by atoms with E-state index in [9.17, 15) is 14.0 Å². The number of nitrogens with one attached hydrogen (secondary N) is 2. The molecule has 1 fully saturated rings. The van der Waals surface area contributed by atoms with Gasteiger partial charge in [-0.05, 0) is 12.5 Å². The lowest BCUT2D eigenvalue weighted by Crippen LogP contribution is -2.34. The third kappa shape index (κ3) is 2.61. The summed E-state index contributed by atoms with van der Waals surface area (Å²) in [6.07, 6.45) is 0.502. The fourth-order valence-corrected chi connectivity index (χ4v) is 1.79. The van der Waals surface area contributed by atoms with Crippen molar-refractivity contribution in [3.63, 3.8) is 0 Å². The second kappa shape index (κ2) is 4.95. The number of amides is 2. The molecule has 0 radical (unpaired) electrons. The molecule has 17 heavy (non-hydrogen) atoms. The zero-order valence-electron chi connectivity index (χ0n) is 9.20. The second-order valence-corrected chi connectivity index (χ2v) is 3.94. The number of benzene rings is 1. The summed E-state index contributed by atoms with van der Waals surface area (Å²) in [4.78, 5) is 22.9. The van der Waals surface area contributed by atoms with E-state index in [1.54, 1.807) is 18.2 Å². The smallest absolute Gasteiger partial charge is 0.232 e. The lowest BCUT2D eigenvalue weighted by Gasteiger charge is -2.09. The van der Waals surface area contributed by atoms with Crippen LogP contribution in [-0.2, 0) is 16.1 Å². The van der Waals surface area contributed by atoms with E-state index in [1.165, 1.54) is 6.07 Å². The molecule has 5 heteroatoms. The minimum absolute atomic E-state index is 0.106. The predicted octanol–water partition coefficient (Wildman–Crippen LogP) is 0.578. The van der Waals surface area contributed by atoms with Crippen LogP contribution in [0.4, 0.5) is 4.39 Å². The van der Waals surface area contributed by atoms with E-state index in [4.69, 9.17) is 0 Å². The maximum absolute atomic E-state index is 13.3. The van der Waals surface area contributed by atoms with Gasteiger partial charge in [0.15, 0.2) is 0 Å². The van der Waals surface area contributed by atoms with Gasteiger partial charge in [0, 0.05) is 18.7 Å². The maximum atomic E-state index is 13.3. The molecule has 1 atom stereocenters. The van der Waals surface area contributed by atoms with E-state index in [-0.39, 0.29) is 24.2 Å². The molecule has 1 heterocycles. The first kappa shape index (κ1) is 11.6. The SMILES string of the molecule is O=C1NCCC1C(=O)NCc1ccccc1F. The largest absolute Gasteiger partial charge is 0.355 e. The zero-order chi connectivity index (χ0) is 12.3. The van der Waals surface area contributed by atoms with E-state index in [1.807, 2.05) is 0 Å². The van der Waals surface area contributed by atoms with Crippen LogP contribution < -0.4 is 10.6 Å². The van der Waals surface area contributed by atoms with Crippen molar-refractivity contribution in [1.82, 2.24) is 10.6 Å². The normalized spacial score (nSPS) is 18.9. The molecule has 1 aliphatic heterocycles. The summed E-state index contributed by atoms with van der Waals surface area (Å²) in [7, 11) is 0. The Kier molecular flexibility index (Phi) is 3.37. The quantitative estimate of drug-likeness (QED) is 0.754. The number of carbonyl (C=O) groups excluding carboxylic acids is 2. The standard InChI is InChI=1S/C12H13FN2O2/c13-10-4-2-1-3-8(10)7-15-12(17)9-5-6-14-11(9)16/h1-4,9H,5-7H2,(H,14,16)(H,15,17). The van der Waals surface area contributed by atoms with E-state index < -0.39 is 5.92 Å². The van der Waals surface area contributed by atoms with E-state index >= 15 is 0 Å². The predicted molar refractivity (Wildman–Crippen MR) is 59.4 cm³/mol. The fraction of sp³-hybridized carbons (Fsp3) is 0.333. The molecule has 0 aromatic heterocycles. The number of carbonyl (C=O) groups is 2. The monoisotopic (exact) mass is 236 g/mol. The molecule has 1 saturated heterocycles. The van der Waals surface area contributed by atoms with Crippen molar-refractivity contribution in [2.24, 2.45) is 5.92 Å². The van der Waals surface area contributed by atoms with Gasteiger partial charge in [-0.3, -0.25) is 9.59 Å². The van der Waals surface area contributed by atoms with Gasteiger partial charge in [-0.1, -0.05) is 18.2 Å². The van der Waals surface area contributed by atoms with Crippen LogP contribution in [0.1, 0.15) is 12.0 Å². The first-order chi connectivity index (χ1) is 8.18. The van der Waals surface area contributed by atoms with Crippen LogP contribution in [-0.4, -0.2) is 18.4 Å². The molecule has 2 rings (SSSR count). The average molecular weight is 236 g/mol.